The zero-order valence-corrected chi connectivity index (χ0v) is 15.3. The standard InChI is InChI=1S/C18H13ClN4O2S/c1-10-17(23-7-11(19)2-5-16(23)20-10)13-8-26-18(22-13)21-12-3-4-14-15(6-12)25-9-24-14/h2-8H,9H2,1H3,(H,21,22). The number of imidazole rings is 1. The molecule has 4 heterocycles. The minimum absolute atomic E-state index is 0.260. The van der Waals surface area contributed by atoms with E-state index in [4.69, 9.17) is 26.1 Å². The van der Waals surface area contributed by atoms with Gasteiger partial charge in [0.2, 0.25) is 6.79 Å². The maximum atomic E-state index is 6.15. The number of nitrogens with one attached hydrogen (secondary N) is 1. The molecule has 0 saturated carbocycles. The minimum Gasteiger partial charge on any atom is -0.454 e. The first-order valence-corrected chi connectivity index (χ1v) is 9.20. The Labute approximate surface area is 158 Å². The molecule has 1 N–H and O–H groups in total. The quantitative estimate of drug-likeness (QED) is 0.544. The van der Waals surface area contributed by atoms with Crippen LogP contribution in [0.15, 0.2) is 41.9 Å². The van der Waals surface area contributed by atoms with Crippen LogP contribution in [0.1, 0.15) is 5.69 Å². The van der Waals surface area contributed by atoms with Gasteiger partial charge in [0, 0.05) is 23.3 Å². The fourth-order valence-corrected chi connectivity index (χ4v) is 3.86. The van der Waals surface area contributed by atoms with Gasteiger partial charge in [-0.25, -0.2) is 9.97 Å². The van der Waals surface area contributed by atoms with Gasteiger partial charge in [0.1, 0.15) is 11.3 Å². The van der Waals surface area contributed by atoms with Gasteiger partial charge in [-0.1, -0.05) is 11.6 Å². The summed E-state index contributed by atoms with van der Waals surface area (Å²) in [6.45, 7) is 2.23. The number of fused-ring (bicyclic) bond motifs is 2. The van der Waals surface area contributed by atoms with Gasteiger partial charge in [-0.15, -0.1) is 11.3 Å². The molecular weight excluding hydrogens is 372 g/mol. The fourth-order valence-electron chi connectivity index (χ4n) is 2.98. The highest BCUT2D eigenvalue weighted by Crippen LogP contribution is 2.36. The smallest absolute Gasteiger partial charge is 0.231 e. The van der Waals surface area contributed by atoms with Crippen molar-refractivity contribution in [2.45, 2.75) is 6.92 Å². The van der Waals surface area contributed by atoms with Gasteiger partial charge in [0.15, 0.2) is 16.6 Å². The summed E-state index contributed by atoms with van der Waals surface area (Å²) in [4.78, 5) is 9.29. The van der Waals surface area contributed by atoms with E-state index >= 15 is 0 Å². The van der Waals surface area contributed by atoms with E-state index in [-0.39, 0.29) is 6.79 Å². The number of rotatable bonds is 3. The van der Waals surface area contributed by atoms with Crippen molar-refractivity contribution in [3.8, 4) is 22.9 Å². The number of aryl methyl sites for hydroxylation is 1. The van der Waals surface area contributed by atoms with Crippen LogP contribution in [0.4, 0.5) is 10.8 Å². The highest BCUT2D eigenvalue weighted by molar-refractivity contribution is 7.14. The van der Waals surface area contributed by atoms with Gasteiger partial charge in [0.25, 0.3) is 0 Å². The summed E-state index contributed by atoms with van der Waals surface area (Å²) in [7, 11) is 0. The zero-order chi connectivity index (χ0) is 17.7. The zero-order valence-electron chi connectivity index (χ0n) is 13.7. The lowest BCUT2D eigenvalue weighted by atomic mass is 10.3. The summed E-state index contributed by atoms with van der Waals surface area (Å²) < 4.78 is 12.7. The molecule has 1 aliphatic rings. The van der Waals surface area contributed by atoms with Gasteiger partial charge in [-0.2, -0.15) is 0 Å². The van der Waals surface area contributed by atoms with Gasteiger partial charge < -0.3 is 14.8 Å². The number of hydrogen-bond donors (Lipinski definition) is 1. The van der Waals surface area contributed by atoms with Crippen LogP contribution in [-0.4, -0.2) is 21.2 Å². The van der Waals surface area contributed by atoms with Crippen molar-refractivity contribution in [1.82, 2.24) is 14.4 Å². The second kappa shape index (κ2) is 5.89. The van der Waals surface area contributed by atoms with Gasteiger partial charge in [0.05, 0.1) is 16.4 Å². The number of anilines is 2. The number of benzene rings is 1. The van der Waals surface area contributed by atoms with E-state index in [2.05, 4.69) is 10.3 Å². The van der Waals surface area contributed by atoms with Crippen LogP contribution in [0.5, 0.6) is 11.5 Å². The molecule has 1 aromatic carbocycles. The predicted octanol–water partition coefficient (Wildman–Crippen LogP) is 4.89. The highest BCUT2D eigenvalue weighted by Gasteiger charge is 2.16. The second-order valence-corrected chi connectivity index (χ2v) is 7.15. The fraction of sp³-hybridized carbons (Fsp3) is 0.111. The predicted molar refractivity (Wildman–Crippen MR) is 102 cm³/mol. The van der Waals surface area contributed by atoms with Crippen molar-refractivity contribution < 1.29 is 9.47 Å². The molecule has 26 heavy (non-hydrogen) atoms. The molecule has 3 aromatic heterocycles. The van der Waals surface area contributed by atoms with Crippen LogP contribution >= 0.6 is 22.9 Å². The molecule has 0 fully saturated rings. The SMILES string of the molecule is Cc1nc2ccc(Cl)cn2c1-c1csc(Nc2ccc3c(c2)OCO3)n1. The Kier molecular flexibility index (Phi) is 3.51. The number of hydrogen-bond acceptors (Lipinski definition) is 6. The van der Waals surface area contributed by atoms with Crippen molar-refractivity contribution in [2.75, 3.05) is 12.1 Å². The van der Waals surface area contributed by atoms with Crippen LogP contribution in [0.3, 0.4) is 0 Å². The first-order chi connectivity index (χ1) is 12.7. The topological polar surface area (TPSA) is 60.7 Å². The summed E-state index contributed by atoms with van der Waals surface area (Å²) in [6.07, 6.45) is 1.86. The van der Waals surface area contributed by atoms with E-state index in [1.54, 1.807) is 0 Å². The maximum absolute atomic E-state index is 6.15. The number of thiazole rings is 1. The Hall–Kier alpha value is -2.77. The Balaban J connectivity index is 1.49. The number of halogens is 1. The number of ether oxygens (including phenoxy) is 2. The lowest BCUT2D eigenvalue weighted by molar-refractivity contribution is 0.174. The molecule has 1 aliphatic heterocycles. The van der Waals surface area contributed by atoms with E-state index in [1.165, 1.54) is 11.3 Å². The average molecular weight is 385 g/mol. The largest absolute Gasteiger partial charge is 0.454 e. The maximum Gasteiger partial charge on any atom is 0.231 e. The van der Waals surface area contributed by atoms with Crippen molar-refractivity contribution in [3.05, 3.63) is 52.6 Å². The molecule has 0 bridgehead atoms. The number of nitrogens with zero attached hydrogens (tertiary/aromatic N) is 3. The molecule has 4 aromatic rings. The Morgan fingerprint density at radius 1 is 1.15 bits per heavy atom. The Morgan fingerprint density at radius 3 is 2.96 bits per heavy atom. The third-order valence-electron chi connectivity index (χ3n) is 4.13. The summed E-state index contributed by atoms with van der Waals surface area (Å²) in [5.74, 6) is 1.49. The number of aromatic nitrogens is 3. The van der Waals surface area contributed by atoms with Crippen molar-refractivity contribution in [1.29, 1.82) is 0 Å². The van der Waals surface area contributed by atoms with Crippen LogP contribution in [-0.2, 0) is 0 Å². The number of pyridine rings is 1. The third-order valence-corrected chi connectivity index (χ3v) is 5.11. The summed E-state index contributed by atoms with van der Waals surface area (Å²) in [6, 6.07) is 9.46. The van der Waals surface area contributed by atoms with E-state index in [0.717, 1.165) is 45.0 Å². The molecule has 6 nitrogen and oxygen atoms in total. The highest BCUT2D eigenvalue weighted by atomic mass is 35.5. The molecule has 0 radical (unpaired) electrons. The van der Waals surface area contributed by atoms with Gasteiger partial charge in [-0.3, -0.25) is 4.40 Å². The summed E-state index contributed by atoms with van der Waals surface area (Å²) >= 11 is 7.67. The molecule has 5 rings (SSSR count). The Bertz CT molecular complexity index is 1140. The van der Waals surface area contributed by atoms with E-state index in [0.29, 0.717) is 5.02 Å². The second-order valence-electron chi connectivity index (χ2n) is 5.85. The van der Waals surface area contributed by atoms with Crippen molar-refractivity contribution in [2.24, 2.45) is 0 Å². The molecule has 0 saturated heterocycles. The van der Waals surface area contributed by atoms with E-state index in [9.17, 15) is 0 Å². The Morgan fingerprint density at radius 2 is 2.04 bits per heavy atom. The average Bonchev–Trinajstić information content (AvgIpc) is 3.32. The molecule has 0 unspecified atom stereocenters. The van der Waals surface area contributed by atoms with Crippen molar-refractivity contribution >= 4 is 39.4 Å². The molecule has 0 atom stereocenters. The summed E-state index contributed by atoms with van der Waals surface area (Å²) in [5.41, 5.74) is 4.45. The third kappa shape index (κ3) is 2.56. The first kappa shape index (κ1) is 15.5. The monoisotopic (exact) mass is 384 g/mol. The van der Waals surface area contributed by atoms with Crippen LogP contribution in [0.2, 0.25) is 5.02 Å². The van der Waals surface area contributed by atoms with Gasteiger partial charge >= 0.3 is 0 Å². The molecule has 8 heteroatoms. The van der Waals surface area contributed by atoms with Crippen LogP contribution in [0, 0.1) is 6.92 Å². The van der Waals surface area contributed by atoms with Crippen LogP contribution in [0.25, 0.3) is 17.0 Å². The molecule has 0 aliphatic carbocycles. The van der Waals surface area contributed by atoms with E-state index < -0.39 is 0 Å². The van der Waals surface area contributed by atoms with E-state index in [1.807, 2.05) is 53.2 Å². The summed E-state index contributed by atoms with van der Waals surface area (Å²) in [5, 5.41) is 6.76. The van der Waals surface area contributed by atoms with Crippen LogP contribution < -0.4 is 14.8 Å². The lowest BCUT2D eigenvalue weighted by Crippen LogP contribution is -1.93. The molecule has 130 valence electrons. The minimum atomic E-state index is 0.260. The normalized spacial score (nSPS) is 12.7. The van der Waals surface area contributed by atoms with Crippen molar-refractivity contribution in [3.63, 3.8) is 0 Å². The molecule has 0 amide bonds. The first-order valence-electron chi connectivity index (χ1n) is 7.94. The lowest BCUT2D eigenvalue weighted by Gasteiger charge is -2.04. The molecular formula is C18H13ClN4O2S. The molecule has 0 spiro atoms. The van der Waals surface area contributed by atoms with Gasteiger partial charge in [-0.05, 0) is 31.2 Å².